The summed E-state index contributed by atoms with van der Waals surface area (Å²) in [6, 6.07) is 11.0. The second-order valence-electron chi connectivity index (χ2n) is 12.4. The van der Waals surface area contributed by atoms with Gasteiger partial charge < -0.3 is 54.8 Å². The fourth-order valence-corrected chi connectivity index (χ4v) is 4.98. The van der Waals surface area contributed by atoms with Crippen molar-refractivity contribution in [1.82, 2.24) is 31.9 Å². The van der Waals surface area contributed by atoms with Crippen LogP contribution in [0, 0.1) is 22.1 Å². The van der Waals surface area contributed by atoms with E-state index in [-0.39, 0.29) is 43.6 Å². The molecule has 0 radical (unpaired) electrons. The Morgan fingerprint density at radius 1 is 0.647 bits per heavy atom. The van der Waals surface area contributed by atoms with Gasteiger partial charge in [-0.3, -0.25) is 35.4 Å². The fourth-order valence-electron chi connectivity index (χ4n) is 4.98. The van der Waals surface area contributed by atoms with E-state index in [4.69, 9.17) is 39.2 Å². The number of nitrogens with one attached hydrogen (secondary N) is 9. The number of guanidine groups is 2. The molecule has 17 N–H and O–H groups in total. The van der Waals surface area contributed by atoms with Crippen molar-refractivity contribution >= 4 is 41.4 Å². The summed E-state index contributed by atoms with van der Waals surface area (Å²) in [5, 5.41) is 38.8. The maximum absolute atomic E-state index is 13.7. The Bertz CT molecular complexity index is 1500. The Balaban J connectivity index is 2.17. The summed E-state index contributed by atoms with van der Waals surface area (Å²) >= 11 is 0. The van der Waals surface area contributed by atoms with E-state index in [9.17, 15) is 19.2 Å². The van der Waals surface area contributed by atoms with Crippen LogP contribution < -0.4 is 54.8 Å². The van der Waals surface area contributed by atoms with Gasteiger partial charge in [0.1, 0.15) is 24.0 Å². The van der Waals surface area contributed by atoms with Crippen molar-refractivity contribution in [3.63, 3.8) is 0 Å². The first-order valence-corrected chi connectivity index (χ1v) is 16.7. The van der Waals surface area contributed by atoms with E-state index in [0.717, 1.165) is 16.7 Å². The lowest BCUT2D eigenvalue weighted by Gasteiger charge is -2.27. The Labute approximate surface area is 298 Å². The number of carbonyl (C=O) groups is 4. The first-order valence-electron chi connectivity index (χ1n) is 16.7. The number of benzene rings is 2. The molecular weight excluding hydrogens is 654 g/mol. The smallest absolute Gasteiger partial charge is 0.243 e. The minimum Gasteiger partial charge on any atom is -0.384 e. The van der Waals surface area contributed by atoms with Crippen LogP contribution in [0.3, 0.4) is 0 Å². The lowest BCUT2D eigenvalue weighted by Crippen LogP contribution is -2.58. The fraction of sp³-hybridized carbons (Fsp3) is 0.441. The molecule has 17 nitrogen and oxygen atoms in total. The monoisotopic (exact) mass is 707 g/mol. The SMILES string of the molecule is CC(C)C(NC(=O)[C@H](CCCNC(=N)N)NC(=O)Cc1ccc(CN)cc1)C(=O)N[C@@H](CCCNC(=N)N)C(=O)NCc1ccc(C(=N)N)cc1. The zero-order chi connectivity index (χ0) is 37.9. The van der Waals surface area contributed by atoms with Crippen molar-refractivity contribution in [2.24, 2.45) is 28.9 Å². The minimum atomic E-state index is -1.05. The van der Waals surface area contributed by atoms with Gasteiger partial charge in [0.05, 0.1) is 6.42 Å². The molecule has 1 unspecified atom stereocenters. The van der Waals surface area contributed by atoms with Crippen LogP contribution in [-0.2, 0) is 38.7 Å². The first kappa shape index (κ1) is 41.5. The Hall–Kier alpha value is -5.71. The number of amides is 4. The van der Waals surface area contributed by atoms with Gasteiger partial charge in [-0.2, -0.15) is 0 Å². The van der Waals surface area contributed by atoms with Crippen LogP contribution in [0.4, 0.5) is 0 Å². The predicted molar refractivity (Wildman–Crippen MR) is 196 cm³/mol. The van der Waals surface area contributed by atoms with Gasteiger partial charge in [0.25, 0.3) is 0 Å². The highest BCUT2D eigenvalue weighted by atomic mass is 16.2. The average molecular weight is 708 g/mol. The first-order chi connectivity index (χ1) is 24.2. The molecule has 0 spiro atoms. The maximum atomic E-state index is 13.7. The molecule has 0 bridgehead atoms. The number of amidine groups is 1. The molecule has 0 heterocycles. The second-order valence-corrected chi connectivity index (χ2v) is 12.4. The van der Waals surface area contributed by atoms with Crippen LogP contribution in [0.2, 0.25) is 0 Å². The van der Waals surface area contributed by atoms with Crippen molar-refractivity contribution in [1.29, 1.82) is 16.2 Å². The Morgan fingerprint density at radius 2 is 1.16 bits per heavy atom. The van der Waals surface area contributed by atoms with E-state index in [1.165, 1.54) is 0 Å². The highest BCUT2D eigenvalue weighted by Crippen LogP contribution is 2.10. The van der Waals surface area contributed by atoms with E-state index in [0.29, 0.717) is 38.0 Å². The van der Waals surface area contributed by atoms with Crippen LogP contribution in [0.15, 0.2) is 48.5 Å². The Morgan fingerprint density at radius 3 is 1.65 bits per heavy atom. The summed E-state index contributed by atoms with van der Waals surface area (Å²) in [6.07, 6.45) is 1.19. The molecule has 2 aromatic carbocycles. The van der Waals surface area contributed by atoms with E-state index in [2.05, 4.69) is 31.9 Å². The van der Waals surface area contributed by atoms with Crippen molar-refractivity contribution in [3.05, 3.63) is 70.8 Å². The summed E-state index contributed by atoms with van der Waals surface area (Å²) < 4.78 is 0. The standard InChI is InChI=1S/C34H53N13O4/c1-20(2)28(47-31(50)26(6-4-16-43-34(40)41)45-27(48)17-21-7-9-22(18-35)10-8-21)32(51)46-25(5-3-15-42-33(38)39)30(49)44-19-23-11-13-24(14-12-23)29(36)37/h7-14,20,25-26,28H,3-6,15-19,35H2,1-2H3,(H3,36,37)(H,44,49)(H,45,48)(H,46,51)(H,47,50)(H4,38,39,42)(H4,40,41,43)/t25-,26-,28?/m0/s1. The van der Waals surface area contributed by atoms with E-state index in [1.54, 1.807) is 50.2 Å². The van der Waals surface area contributed by atoms with Crippen LogP contribution in [0.25, 0.3) is 0 Å². The van der Waals surface area contributed by atoms with Crippen molar-refractivity contribution in [2.75, 3.05) is 13.1 Å². The molecule has 0 saturated heterocycles. The number of nitrogen functional groups attached to an aromatic ring is 1. The molecule has 4 amide bonds. The number of rotatable bonds is 21. The van der Waals surface area contributed by atoms with Gasteiger partial charge in [-0.15, -0.1) is 0 Å². The molecule has 0 fully saturated rings. The largest absolute Gasteiger partial charge is 0.384 e. The molecular formula is C34H53N13O4. The average Bonchev–Trinajstić information content (AvgIpc) is 3.08. The van der Waals surface area contributed by atoms with Gasteiger partial charge in [-0.05, 0) is 48.3 Å². The third-order valence-electron chi connectivity index (χ3n) is 7.86. The molecule has 2 rings (SSSR count). The number of hydrogen-bond acceptors (Lipinski definition) is 8. The van der Waals surface area contributed by atoms with Gasteiger partial charge in [0.2, 0.25) is 23.6 Å². The van der Waals surface area contributed by atoms with E-state index in [1.807, 2.05) is 12.1 Å². The molecule has 278 valence electrons. The summed E-state index contributed by atoms with van der Waals surface area (Å²) in [6.45, 7) is 4.60. The van der Waals surface area contributed by atoms with Crippen molar-refractivity contribution in [3.8, 4) is 0 Å². The molecule has 2 aromatic rings. The van der Waals surface area contributed by atoms with Gasteiger partial charge in [0.15, 0.2) is 11.9 Å². The highest BCUT2D eigenvalue weighted by Gasteiger charge is 2.31. The third kappa shape index (κ3) is 15.6. The normalized spacial score (nSPS) is 12.5. The predicted octanol–water partition coefficient (Wildman–Crippen LogP) is -1.07. The molecule has 0 saturated carbocycles. The molecule has 17 heteroatoms. The Kier molecular flexibility index (Phi) is 17.4. The van der Waals surface area contributed by atoms with Gasteiger partial charge >= 0.3 is 0 Å². The molecule has 0 aliphatic carbocycles. The van der Waals surface area contributed by atoms with Gasteiger partial charge in [0, 0.05) is 31.7 Å². The summed E-state index contributed by atoms with van der Waals surface area (Å²) in [5.41, 5.74) is 24.9. The van der Waals surface area contributed by atoms with Crippen molar-refractivity contribution in [2.45, 2.75) is 77.2 Å². The van der Waals surface area contributed by atoms with Crippen LogP contribution in [0.1, 0.15) is 61.8 Å². The highest BCUT2D eigenvalue weighted by molar-refractivity contribution is 5.95. The quantitative estimate of drug-likeness (QED) is 0.0423. The van der Waals surface area contributed by atoms with Crippen molar-refractivity contribution < 1.29 is 19.2 Å². The molecule has 0 aromatic heterocycles. The number of hydrogen-bond donors (Lipinski definition) is 13. The third-order valence-corrected chi connectivity index (χ3v) is 7.86. The van der Waals surface area contributed by atoms with Gasteiger partial charge in [-0.25, -0.2) is 0 Å². The number of carbonyl (C=O) groups excluding carboxylic acids is 4. The minimum absolute atomic E-state index is 0.0184. The molecule has 3 atom stereocenters. The number of nitrogens with two attached hydrogens (primary N) is 4. The van der Waals surface area contributed by atoms with E-state index >= 15 is 0 Å². The zero-order valence-electron chi connectivity index (χ0n) is 29.2. The molecule has 0 aliphatic rings. The summed E-state index contributed by atoms with van der Waals surface area (Å²) in [7, 11) is 0. The lowest BCUT2D eigenvalue weighted by molar-refractivity contribution is -0.134. The van der Waals surface area contributed by atoms with E-state index < -0.39 is 47.7 Å². The maximum Gasteiger partial charge on any atom is 0.243 e. The summed E-state index contributed by atoms with van der Waals surface area (Å²) in [4.78, 5) is 53.7. The molecule has 0 aliphatic heterocycles. The lowest BCUT2D eigenvalue weighted by atomic mass is 10.0. The van der Waals surface area contributed by atoms with Crippen LogP contribution in [0.5, 0.6) is 0 Å². The van der Waals surface area contributed by atoms with Crippen LogP contribution in [-0.4, -0.2) is 72.6 Å². The zero-order valence-corrected chi connectivity index (χ0v) is 29.2. The van der Waals surface area contributed by atoms with Gasteiger partial charge in [-0.1, -0.05) is 62.4 Å². The van der Waals surface area contributed by atoms with Crippen LogP contribution >= 0.6 is 0 Å². The molecule has 51 heavy (non-hydrogen) atoms. The topological polar surface area (TPSA) is 316 Å². The second kappa shape index (κ2) is 21.4. The summed E-state index contributed by atoms with van der Waals surface area (Å²) in [5.74, 6) is -2.95.